The highest BCUT2D eigenvalue weighted by Gasteiger charge is 2.15. The molecule has 118 valence electrons. The number of pyridine rings is 1. The van der Waals surface area contributed by atoms with Gasteiger partial charge < -0.3 is 19.1 Å². The molecule has 0 amide bonds. The van der Waals surface area contributed by atoms with E-state index in [1.807, 2.05) is 24.4 Å². The Hall–Kier alpha value is -1.85. The zero-order valence-corrected chi connectivity index (χ0v) is 13.3. The van der Waals surface area contributed by atoms with E-state index in [2.05, 4.69) is 22.9 Å². The first-order valence-corrected chi connectivity index (χ1v) is 7.74. The van der Waals surface area contributed by atoms with E-state index in [0.29, 0.717) is 13.2 Å². The Kier molecular flexibility index (Phi) is 4.45. The second-order valence-electron chi connectivity index (χ2n) is 5.87. The zero-order valence-electron chi connectivity index (χ0n) is 13.3. The SMILES string of the molecule is COCCn1ccc2ccc(N3CCN(C)CC3)cc2c1=O. The molecular weight excluding hydrogens is 278 g/mol. The highest BCUT2D eigenvalue weighted by molar-refractivity contribution is 5.85. The maximum atomic E-state index is 12.6. The quantitative estimate of drug-likeness (QED) is 0.855. The molecule has 1 saturated heterocycles. The third-order valence-electron chi connectivity index (χ3n) is 4.37. The van der Waals surface area contributed by atoms with E-state index in [-0.39, 0.29) is 5.56 Å². The van der Waals surface area contributed by atoms with Gasteiger partial charge in [0.05, 0.1) is 6.61 Å². The molecule has 2 heterocycles. The highest BCUT2D eigenvalue weighted by Crippen LogP contribution is 2.21. The summed E-state index contributed by atoms with van der Waals surface area (Å²) in [6, 6.07) is 8.20. The van der Waals surface area contributed by atoms with Gasteiger partial charge in [0.15, 0.2) is 0 Å². The number of aromatic nitrogens is 1. The minimum Gasteiger partial charge on any atom is -0.383 e. The number of rotatable bonds is 4. The smallest absolute Gasteiger partial charge is 0.258 e. The number of piperazine rings is 1. The van der Waals surface area contributed by atoms with E-state index in [0.717, 1.165) is 42.6 Å². The van der Waals surface area contributed by atoms with Crippen LogP contribution in [-0.2, 0) is 11.3 Å². The van der Waals surface area contributed by atoms with Crippen LogP contribution in [-0.4, -0.2) is 56.4 Å². The highest BCUT2D eigenvalue weighted by atomic mass is 16.5. The van der Waals surface area contributed by atoms with Crippen molar-refractivity contribution in [1.82, 2.24) is 9.47 Å². The Morgan fingerprint density at radius 2 is 1.91 bits per heavy atom. The Balaban J connectivity index is 1.93. The van der Waals surface area contributed by atoms with Crippen molar-refractivity contribution in [2.24, 2.45) is 0 Å². The molecule has 1 aliphatic heterocycles. The summed E-state index contributed by atoms with van der Waals surface area (Å²) < 4.78 is 6.79. The van der Waals surface area contributed by atoms with Crippen LogP contribution in [0.4, 0.5) is 5.69 Å². The molecule has 0 radical (unpaired) electrons. The minimum absolute atomic E-state index is 0.0607. The average molecular weight is 301 g/mol. The van der Waals surface area contributed by atoms with Gasteiger partial charge in [-0.1, -0.05) is 6.07 Å². The largest absolute Gasteiger partial charge is 0.383 e. The van der Waals surface area contributed by atoms with Crippen LogP contribution in [0.5, 0.6) is 0 Å². The lowest BCUT2D eigenvalue weighted by molar-refractivity contribution is 0.186. The minimum atomic E-state index is 0.0607. The Morgan fingerprint density at radius 3 is 2.64 bits per heavy atom. The summed E-state index contributed by atoms with van der Waals surface area (Å²) in [6.07, 6.45) is 1.85. The van der Waals surface area contributed by atoms with E-state index in [9.17, 15) is 4.79 Å². The molecule has 0 bridgehead atoms. The van der Waals surface area contributed by atoms with Gasteiger partial charge in [-0.3, -0.25) is 4.79 Å². The summed E-state index contributed by atoms with van der Waals surface area (Å²) >= 11 is 0. The number of ether oxygens (including phenoxy) is 1. The standard InChI is InChI=1S/C17H23N3O2/c1-18-7-9-19(10-8-18)15-4-3-14-5-6-20(11-12-22-2)17(21)16(14)13-15/h3-6,13H,7-12H2,1-2H3. The lowest BCUT2D eigenvalue weighted by Crippen LogP contribution is -2.44. The number of fused-ring (bicyclic) bond motifs is 1. The molecule has 2 aromatic rings. The first-order valence-electron chi connectivity index (χ1n) is 7.74. The van der Waals surface area contributed by atoms with Crippen LogP contribution in [0.15, 0.2) is 35.3 Å². The molecule has 3 rings (SSSR count). The molecule has 5 nitrogen and oxygen atoms in total. The molecule has 1 fully saturated rings. The Morgan fingerprint density at radius 1 is 1.14 bits per heavy atom. The van der Waals surface area contributed by atoms with Crippen molar-refractivity contribution in [3.63, 3.8) is 0 Å². The molecule has 1 aliphatic rings. The average Bonchev–Trinajstić information content (AvgIpc) is 2.55. The van der Waals surface area contributed by atoms with Crippen LogP contribution < -0.4 is 10.5 Å². The lowest BCUT2D eigenvalue weighted by Gasteiger charge is -2.34. The van der Waals surface area contributed by atoms with Crippen LogP contribution in [0.25, 0.3) is 10.8 Å². The van der Waals surface area contributed by atoms with Gasteiger partial charge in [-0.2, -0.15) is 0 Å². The van der Waals surface area contributed by atoms with E-state index < -0.39 is 0 Å². The van der Waals surface area contributed by atoms with Crippen LogP contribution in [0.2, 0.25) is 0 Å². The monoisotopic (exact) mass is 301 g/mol. The van der Waals surface area contributed by atoms with Crippen LogP contribution in [0, 0.1) is 0 Å². The maximum Gasteiger partial charge on any atom is 0.258 e. The number of likely N-dealkylation sites (N-methyl/N-ethyl adjacent to an activating group) is 1. The fraction of sp³-hybridized carbons (Fsp3) is 0.471. The number of hydrogen-bond acceptors (Lipinski definition) is 4. The van der Waals surface area contributed by atoms with Crippen molar-refractivity contribution in [2.75, 3.05) is 51.8 Å². The third kappa shape index (κ3) is 3.00. The topological polar surface area (TPSA) is 37.7 Å². The van der Waals surface area contributed by atoms with Gasteiger partial charge in [0, 0.05) is 57.1 Å². The van der Waals surface area contributed by atoms with Gasteiger partial charge in [-0.15, -0.1) is 0 Å². The van der Waals surface area contributed by atoms with E-state index in [4.69, 9.17) is 4.74 Å². The predicted molar refractivity (Wildman–Crippen MR) is 89.8 cm³/mol. The number of methoxy groups -OCH3 is 1. The normalized spacial score (nSPS) is 16.4. The fourth-order valence-corrected chi connectivity index (χ4v) is 2.89. The molecular formula is C17H23N3O2. The maximum absolute atomic E-state index is 12.6. The molecule has 0 spiro atoms. The Bertz CT molecular complexity index is 703. The number of nitrogens with zero attached hydrogens (tertiary/aromatic N) is 3. The van der Waals surface area contributed by atoms with Gasteiger partial charge in [-0.05, 0) is 30.6 Å². The van der Waals surface area contributed by atoms with Crippen LogP contribution in [0.1, 0.15) is 0 Å². The number of hydrogen-bond donors (Lipinski definition) is 0. The summed E-state index contributed by atoms with van der Waals surface area (Å²) in [5.74, 6) is 0. The lowest BCUT2D eigenvalue weighted by atomic mass is 10.1. The molecule has 0 saturated carbocycles. The van der Waals surface area contributed by atoms with Gasteiger partial charge >= 0.3 is 0 Å². The van der Waals surface area contributed by atoms with Crippen molar-refractivity contribution in [2.45, 2.75) is 6.54 Å². The molecule has 0 N–H and O–H groups in total. The van der Waals surface area contributed by atoms with Crippen molar-refractivity contribution in [3.05, 3.63) is 40.8 Å². The first kappa shape index (κ1) is 15.1. The van der Waals surface area contributed by atoms with Gasteiger partial charge in [-0.25, -0.2) is 0 Å². The molecule has 1 aromatic carbocycles. The van der Waals surface area contributed by atoms with E-state index in [1.54, 1.807) is 11.7 Å². The van der Waals surface area contributed by atoms with Gasteiger partial charge in [0.1, 0.15) is 0 Å². The van der Waals surface area contributed by atoms with Crippen molar-refractivity contribution in [3.8, 4) is 0 Å². The number of anilines is 1. The van der Waals surface area contributed by atoms with Crippen molar-refractivity contribution in [1.29, 1.82) is 0 Å². The summed E-state index contributed by atoms with van der Waals surface area (Å²) in [7, 11) is 3.80. The molecule has 0 aliphatic carbocycles. The van der Waals surface area contributed by atoms with Gasteiger partial charge in [0.25, 0.3) is 5.56 Å². The van der Waals surface area contributed by atoms with Crippen molar-refractivity contribution < 1.29 is 4.74 Å². The summed E-state index contributed by atoms with van der Waals surface area (Å²) in [6.45, 7) is 5.27. The Labute approximate surface area is 130 Å². The predicted octanol–water partition coefficient (Wildman–Crippen LogP) is 1.40. The molecule has 0 atom stereocenters. The fourth-order valence-electron chi connectivity index (χ4n) is 2.89. The molecule has 5 heteroatoms. The summed E-state index contributed by atoms with van der Waals surface area (Å²) in [5, 5.41) is 1.78. The van der Waals surface area contributed by atoms with Crippen LogP contribution >= 0.6 is 0 Å². The molecule has 22 heavy (non-hydrogen) atoms. The second-order valence-corrected chi connectivity index (χ2v) is 5.87. The second kappa shape index (κ2) is 6.50. The summed E-state index contributed by atoms with van der Waals surface area (Å²) in [4.78, 5) is 17.3. The van der Waals surface area contributed by atoms with Crippen LogP contribution in [0.3, 0.4) is 0 Å². The first-order chi connectivity index (χ1) is 10.7. The van der Waals surface area contributed by atoms with E-state index >= 15 is 0 Å². The van der Waals surface area contributed by atoms with Gasteiger partial charge in [0.2, 0.25) is 0 Å². The summed E-state index contributed by atoms with van der Waals surface area (Å²) in [5.41, 5.74) is 1.20. The zero-order chi connectivity index (χ0) is 15.5. The van der Waals surface area contributed by atoms with Crippen molar-refractivity contribution >= 4 is 16.5 Å². The third-order valence-corrected chi connectivity index (χ3v) is 4.37. The van der Waals surface area contributed by atoms with E-state index in [1.165, 1.54) is 0 Å². The molecule has 0 unspecified atom stereocenters. The molecule has 1 aromatic heterocycles. The number of benzene rings is 1.